The summed E-state index contributed by atoms with van der Waals surface area (Å²) in [4.78, 5) is 1.74. The van der Waals surface area contributed by atoms with Gasteiger partial charge in [-0.05, 0) is 42.2 Å². The van der Waals surface area contributed by atoms with E-state index in [2.05, 4.69) is 18.7 Å². The zero-order valence-electron chi connectivity index (χ0n) is 14.8. The fraction of sp³-hybridized carbons (Fsp3) is 0.300. The van der Waals surface area contributed by atoms with Gasteiger partial charge in [-0.25, -0.2) is 0 Å². The molecule has 0 spiro atoms. The van der Waals surface area contributed by atoms with Crippen LogP contribution in [0.5, 0.6) is 0 Å². The Balaban J connectivity index is 0.00000288. The van der Waals surface area contributed by atoms with Gasteiger partial charge in [0.1, 0.15) is 0 Å². The van der Waals surface area contributed by atoms with Gasteiger partial charge in [-0.2, -0.15) is 0 Å². The molecule has 0 atom stereocenters. The molecular weight excluding hydrogens is 293 g/mol. The summed E-state index contributed by atoms with van der Waals surface area (Å²) in [6.45, 7) is 8.23. The van der Waals surface area contributed by atoms with Crippen LogP contribution in [-0.2, 0) is 6.42 Å². The summed E-state index contributed by atoms with van der Waals surface area (Å²) in [5.41, 5.74) is 0.750. The minimum Gasteiger partial charge on any atom is -0.860 e. The van der Waals surface area contributed by atoms with Crippen molar-refractivity contribution in [3.8, 4) is 0 Å². The monoisotopic (exact) mass is 317 g/mol. The van der Waals surface area contributed by atoms with E-state index in [4.69, 9.17) is 0 Å². The third kappa shape index (κ3) is 4.91. The summed E-state index contributed by atoms with van der Waals surface area (Å²) >= 11 is 0. The molecule has 4 heteroatoms. The van der Waals surface area contributed by atoms with Crippen LogP contribution in [0.15, 0.2) is 54.6 Å². The second-order valence-corrected chi connectivity index (χ2v) is 6.31. The number of rotatable bonds is 6. The van der Waals surface area contributed by atoms with E-state index >= 15 is 0 Å². The summed E-state index contributed by atoms with van der Waals surface area (Å²) in [6.07, 6.45) is 0.721. The van der Waals surface area contributed by atoms with Crippen molar-refractivity contribution in [2.24, 2.45) is 0 Å². The van der Waals surface area contributed by atoms with E-state index in [1.165, 1.54) is 0 Å². The molecule has 0 fully saturated rings. The largest absolute Gasteiger partial charge is 1.00 e. The van der Waals surface area contributed by atoms with Gasteiger partial charge in [0.25, 0.3) is 0 Å². The molecule has 0 aromatic heterocycles. The molecule has 0 heterocycles. The zero-order valence-corrected chi connectivity index (χ0v) is 14.8. The number of hydrogen-bond donors (Lipinski definition) is 1. The van der Waals surface area contributed by atoms with Crippen molar-refractivity contribution in [1.29, 1.82) is 0 Å². The summed E-state index contributed by atoms with van der Waals surface area (Å²) in [5.74, 6) is -0.0921. The molecule has 2 aromatic rings. The van der Waals surface area contributed by atoms with Crippen LogP contribution in [0.1, 0.15) is 19.4 Å². The number of aliphatic hydroxyl groups excluding tert-OH is 1. The number of β-amino-alcohol motifs (C(OH)–C–C–N with tert-alkyl or cyclic N) is 1. The van der Waals surface area contributed by atoms with E-state index in [0.29, 0.717) is 17.0 Å². The Kier molecular flexibility index (Phi) is 7.63. The second kappa shape index (κ2) is 8.99. The number of nitrogens with zero attached hydrogens (tertiary/aromatic N) is 1. The minimum atomic E-state index is -0.413. The van der Waals surface area contributed by atoms with Gasteiger partial charge in [-0.1, -0.05) is 61.2 Å². The van der Waals surface area contributed by atoms with Crippen LogP contribution >= 0.6 is 0 Å². The number of aliphatic hydroxyl groups is 1. The molecule has 2 aromatic carbocycles. The molecule has 0 saturated carbocycles. The quantitative estimate of drug-likeness (QED) is 0.618. The van der Waals surface area contributed by atoms with Crippen molar-refractivity contribution < 1.29 is 29.1 Å². The van der Waals surface area contributed by atoms with E-state index in [-0.39, 0.29) is 31.4 Å². The van der Waals surface area contributed by atoms with Crippen molar-refractivity contribution in [2.75, 3.05) is 13.2 Å². The van der Waals surface area contributed by atoms with E-state index < -0.39 is 5.54 Å². The molecule has 0 bridgehead atoms. The Bertz CT molecular complexity index is 744. The van der Waals surface area contributed by atoms with E-state index in [0.717, 1.165) is 12.0 Å². The van der Waals surface area contributed by atoms with E-state index in [1.54, 1.807) is 11.0 Å². The first-order valence-electron chi connectivity index (χ1n) is 7.83. The summed E-state index contributed by atoms with van der Waals surface area (Å²) in [7, 11) is 0. The van der Waals surface area contributed by atoms with Crippen molar-refractivity contribution in [2.45, 2.75) is 25.8 Å². The predicted molar refractivity (Wildman–Crippen MR) is 92.6 cm³/mol. The SMILES string of the molecule is C=c1cccc/c1=C(/[O-])N(CCO)C(C)(C)Cc1ccccc1.[Li+]. The average molecular weight is 317 g/mol. The molecule has 122 valence electrons. The number of benzene rings is 2. The van der Waals surface area contributed by atoms with Crippen molar-refractivity contribution in [1.82, 2.24) is 4.90 Å². The van der Waals surface area contributed by atoms with Crippen LogP contribution in [-0.4, -0.2) is 28.7 Å². The van der Waals surface area contributed by atoms with Gasteiger partial charge in [0.05, 0.1) is 6.61 Å². The summed E-state index contributed by atoms with van der Waals surface area (Å²) in [5, 5.41) is 23.7. The van der Waals surface area contributed by atoms with E-state index in [9.17, 15) is 10.2 Å². The third-order valence-corrected chi connectivity index (χ3v) is 4.03. The third-order valence-electron chi connectivity index (χ3n) is 4.03. The van der Waals surface area contributed by atoms with Crippen LogP contribution in [0.4, 0.5) is 0 Å². The molecule has 0 aliphatic rings. The second-order valence-electron chi connectivity index (χ2n) is 6.31. The number of hydrogen-bond acceptors (Lipinski definition) is 3. The first-order valence-corrected chi connectivity index (χ1v) is 7.83. The Labute approximate surface area is 156 Å². The van der Waals surface area contributed by atoms with Crippen LogP contribution in [0.25, 0.3) is 12.5 Å². The maximum atomic E-state index is 13.0. The van der Waals surface area contributed by atoms with Gasteiger partial charge in [-0.15, -0.1) is 0 Å². The Morgan fingerprint density at radius 2 is 1.67 bits per heavy atom. The van der Waals surface area contributed by atoms with Gasteiger partial charge in [0.2, 0.25) is 0 Å². The Morgan fingerprint density at radius 3 is 2.25 bits per heavy atom. The topological polar surface area (TPSA) is 46.5 Å². The Morgan fingerprint density at radius 1 is 1.08 bits per heavy atom. The van der Waals surface area contributed by atoms with Crippen molar-refractivity contribution >= 4 is 12.5 Å². The molecule has 2 rings (SSSR count). The predicted octanol–water partition coefficient (Wildman–Crippen LogP) is -2.16. The molecule has 0 unspecified atom stereocenters. The molecule has 0 aliphatic heterocycles. The molecule has 3 nitrogen and oxygen atoms in total. The summed E-state index contributed by atoms with van der Waals surface area (Å²) in [6, 6.07) is 17.4. The first-order chi connectivity index (χ1) is 11.0. The average Bonchev–Trinajstić information content (AvgIpc) is 2.53. The standard InChI is InChI=1S/C20H25NO2.Li/c1-16-9-7-8-12-18(16)19(23)21(13-14-22)20(2,3)15-17-10-5-4-6-11-17;/h4-12,22-23H,1,13-15H2,2-3H3;/q;+1/p-1/b19-18-;. The van der Waals surface area contributed by atoms with Gasteiger partial charge in [0.15, 0.2) is 0 Å². The molecule has 0 radical (unpaired) electrons. The van der Waals surface area contributed by atoms with Crippen molar-refractivity contribution in [3.05, 3.63) is 70.6 Å². The minimum absolute atomic E-state index is 0. The fourth-order valence-electron chi connectivity index (χ4n) is 2.84. The maximum absolute atomic E-state index is 13.0. The first kappa shape index (κ1) is 20.4. The zero-order chi connectivity index (χ0) is 16.9. The van der Waals surface area contributed by atoms with Crippen LogP contribution in [0, 0.1) is 0 Å². The smallest absolute Gasteiger partial charge is 0.860 e. The molecule has 0 amide bonds. The fourth-order valence-corrected chi connectivity index (χ4v) is 2.84. The van der Waals surface area contributed by atoms with Gasteiger partial charge >= 0.3 is 18.9 Å². The van der Waals surface area contributed by atoms with Gasteiger partial charge in [0, 0.05) is 12.1 Å². The van der Waals surface area contributed by atoms with Gasteiger partial charge in [-0.3, -0.25) is 0 Å². The molecule has 24 heavy (non-hydrogen) atoms. The molecular formula is C20H24LiNO2. The van der Waals surface area contributed by atoms with Crippen LogP contribution < -0.4 is 34.4 Å². The van der Waals surface area contributed by atoms with E-state index in [1.807, 2.05) is 50.2 Å². The maximum Gasteiger partial charge on any atom is 1.00 e. The Hall–Kier alpha value is -1.66. The van der Waals surface area contributed by atoms with Gasteiger partial charge < -0.3 is 15.1 Å². The van der Waals surface area contributed by atoms with Crippen molar-refractivity contribution in [3.63, 3.8) is 0 Å². The van der Waals surface area contributed by atoms with Crippen LogP contribution in [0.2, 0.25) is 0 Å². The summed E-state index contributed by atoms with van der Waals surface area (Å²) < 4.78 is 0. The van der Waals surface area contributed by atoms with Crippen LogP contribution in [0.3, 0.4) is 0 Å². The molecule has 0 aliphatic carbocycles. The molecule has 0 saturated heterocycles. The molecule has 1 N–H and O–H groups in total. The normalized spacial score (nSPS) is 12.3.